The van der Waals surface area contributed by atoms with Crippen molar-refractivity contribution in [3.05, 3.63) is 51.9 Å². The fraction of sp³-hybridized carbons (Fsp3) is 0.381. The average molecular weight is 425 g/mol. The summed E-state index contributed by atoms with van der Waals surface area (Å²) in [6.07, 6.45) is 3.36. The van der Waals surface area contributed by atoms with Gasteiger partial charge in [-0.05, 0) is 31.0 Å². The van der Waals surface area contributed by atoms with Gasteiger partial charge in [0.15, 0.2) is 0 Å². The van der Waals surface area contributed by atoms with Gasteiger partial charge >= 0.3 is 5.97 Å². The molecule has 10 heteroatoms. The third-order valence-corrected chi connectivity index (χ3v) is 5.20. The highest BCUT2D eigenvalue weighted by atomic mass is 16.5. The van der Waals surface area contributed by atoms with Crippen molar-refractivity contribution in [2.24, 2.45) is 0 Å². The van der Waals surface area contributed by atoms with Gasteiger partial charge in [-0.2, -0.15) is 0 Å². The Labute approximate surface area is 176 Å². The Morgan fingerprint density at radius 3 is 2.97 bits per heavy atom. The number of aromatic nitrogens is 3. The molecule has 1 aliphatic rings. The predicted octanol–water partition coefficient (Wildman–Crippen LogP) is 0.601. The van der Waals surface area contributed by atoms with Crippen LogP contribution >= 0.6 is 0 Å². The number of carbonyl (C=O) groups excluding carboxylic acids is 2. The van der Waals surface area contributed by atoms with Gasteiger partial charge in [-0.15, -0.1) is 0 Å². The molecule has 4 heterocycles. The summed E-state index contributed by atoms with van der Waals surface area (Å²) in [5.74, 6) is -0.929. The molecule has 1 amide bonds. The summed E-state index contributed by atoms with van der Waals surface area (Å²) in [6, 6.07) is 6.55. The molecule has 1 atom stereocenters. The molecule has 1 unspecified atom stereocenters. The lowest BCUT2D eigenvalue weighted by molar-refractivity contribution is -0.141. The number of ether oxygens (including phenoxy) is 2. The molecule has 0 radical (unpaired) electrons. The summed E-state index contributed by atoms with van der Waals surface area (Å²) in [7, 11) is 0. The van der Waals surface area contributed by atoms with E-state index in [-0.39, 0.29) is 46.9 Å². The number of nitrogens with one attached hydrogen (secondary N) is 2. The highest BCUT2D eigenvalue weighted by Gasteiger charge is 2.20. The zero-order valence-corrected chi connectivity index (χ0v) is 17.1. The summed E-state index contributed by atoms with van der Waals surface area (Å²) in [5, 5.41) is 11.6. The van der Waals surface area contributed by atoms with E-state index in [0.717, 1.165) is 12.8 Å². The van der Waals surface area contributed by atoms with Crippen LogP contribution < -0.4 is 16.4 Å². The van der Waals surface area contributed by atoms with Gasteiger partial charge in [0.05, 0.1) is 23.6 Å². The Kier molecular flexibility index (Phi) is 5.81. The Hall–Kier alpha value is -3.53. The Morgan fingerprint density at radius 2 is 2.23 bits per heavy atom. The van der Waals surface area contributed by atoms with Crippen LogP contribution in [-0.4, -0.2) is 51.7 Å². The molecule has 3 aromatic rings. The van der Waals surface area contributed by atoms with Crippen LogP contribution in [0.1, 0.15) is 30.1 Å². The second-order valence-electron chi connectivity index (χ2n) is 7.33. The maximum atomic E-state index is 13.1. The third kappa shape index (κ3) is 4.19. The van der Waals surface area contributed by atoms with E-state index >= 15 is 0 Å². The summed E-state index contributed by atoms with van der Waals surface area (Å²) >= 11 is 0. The number of hydrogen-bond acceptors (Lipinski definition) is 7. The minimum Gasteiger partial charge on any atom is -0.464 e. The van der Waals surface area contributed by atoms with E-state index in [9.17, 15) is 14.4 Å². The number of esters is 1. The number of nitrogens with zero attached hydrogens (tertiary/aromatic N) is 3. The van der Waals surface area contributed by atoms with Crippen LogP contribution in [0.15, 0.2) is 35.3 Å². The van der Waals surface area contributed by atoms with E-state index in [1.807, 2.05) is 0 Å². The molecule has 0 aromatic carbocycles. The molecule has 1 aliphatic heterocycles. The SMILES string of the molecule is CC(=O)OCCn1c(=N)c(C(=O)NCC2CCCO2)cc2c(=O)n3ccccc3nc21. The fourth-order valence-electron chi connectivity index (χ4n) is 3.67. The number of rotatable bonds is 6. The lowest BCUT2D eigenvalue weighted by Crippen LogP contribution is -2.38. The number of hydrogen-bond donors (Lipinski definition) is 2. The van der Waals surface area contributed by atoms with Crippen molar-refractivity contribution in [2.45, 2.75) is 32.4 Å². The molecule has 0 saturated carbocycles. The minimum atomic E-state index is -0.471. The van der Waals surface area contributed by atoms with Gasteiger partial charge in [-0.25, -0.2) is 4.98 Å². The number of amides is 1. The van der Waals surface area contributed by atoms with Crippen molar-refractivity contribution < 1.29 is 19.1 Å². The molecular formula is C21H23N5O5. The first-order valence-electron chi connectivity index (χ1n) is 10.1. The molecule has 2 N–H and O–H groups in total. The predicted molar refractivity (Wildman–Crippen MR) is 111 cm³/mol. The quantitative estimate of drug-likeness (QED) is 0.440. The molecule has 162 valence electrons. The van der Waals surface area contributed by atoms with Crippen molar-refractivity contribution in [3.63, 3.8) is 0 Å². The topological polar surface area (TPSA) is 128 Å². The molecule has 0 bridgehead atoms. The van der Waals surface area contributed by atoms with Gasteiger partial charge in [0.25, 0.3) is 11.5 Å². The van der Waals surface area contributed by atoms with Gasteiger partial charge in [0.1, 0.15) is 23.4 Å². The second-order valence-corrected chi connectivity index (χ2v) is 7.33. The first kappa shape index (κ1) is 20.7. The highest BCUT2D eigenvalue weighted by Crippen LogP contribution is 2.12. The van der Waals surface area contributed by atoms with Gasteiger partial charge in [0, 0.05) is 26.3 Å². The number of carbonyl (C=O) groups is 2. The molecule has 3 aromatic heterocycles. The van der Waals surface area contributed by atoms with Crippen LogP contribution in [0.25, 0.3) is 16.7 Å². The van der Waals surface area contributed by atoms with E-state index < -0.39 is 11.9 Å². The van der Waals surface area contributed by atoms with Crippen LogP contribution in [0.2, 0.25) is 0 Å². The van der Waals surface area contributed by atoms with Crippen LogP contribution in [0.5, 0.6) is 0 Å². The molecule has 0 spiro atoms. The molecule has 0 aliphatic carbocycles. The maximum Gasteiger partial charge on any atom is 0.302 e. The summed E-state index contributed by atoms with van der Waals surface area (Å²) < 4.78 is 13.3. The standard InChI is InChI=1S/C21H23N5O5/c1-13(27)30-10-8-26-18(22)15(20(28)23-12-14-5-4-9-31-14)11-16-19(26)24-17-6-2-3-7-25(17)21(16)29/h2-3,6-7,11,14,22H,4-5,8-10,12H2,1H3,(H,23,28). The summed E-state index contributed by atoms with van der Waals surface area (Å²) in [4.78, 5) is 41.6. The molecule has 1 saturated heterocycles. The van der Waals surface area contributed by atoms with E-state index in [2.05, 4.69) is 10.3 Å². The lowest BCUT2D eigenvalue weighted by atomic mass is 10.2. The van der Waals surface area contributed by atoms with Gasteiger partial charge < -0.3 is 19.4 Å². The third-order valence-electron chi connectivity index (χ3n) is 5.20. The minimum absolute atomic E-state index is 0.0161. The van der Waals surface area contributed by atoms with Gasteiger partial charge in [0.2, 0.25) is 0 Å². The van der Waals surface area contributed by atoms with Crippen molar-refractivity contribution >= 4 is 28.6 Å². The first-order valence-corrected chi connectivity index (χ1v) is 10.1. The second kappa shape index (κ2) is 8.68. The van der Waals surface area contributed by atoms with Crippen molar-refractivity contribution in [1.82, 2.24) is 19.3 Å². The summed E-state index contributed by atoms with van der Waals surface area (Å²) in [5.41, 5.74) is 0.245. The van der Waals surface area contributed by atoms with Crippen molar-refractivity contribution in [3.8, 4) is 0 Å². The maximum absolute atomic E-state index is 13.1. The highest BCUT2D eigenvalue weighted by molar-refractivity contribution is 5.96. The first-order chi connectivity index (χ1) is 15.0. The molecule has 10 nitrogen and oxygen atoms in total. The van der Waals surface area contributed by atoms with Crippen LogP contribution in [0.4, 0.5) is 0 Å². The number of pyridine rings is 2. The number of fused-ring (bicyclic) bond motifs is 2. The fourth-order valence-corrected chi connectivity index (χ4v) is 3.67. The summed E-state index contributed by atoms with van der Waals surface area (Å²) in [6.45, 7) is 2.36. The largest absolute Gasteiger partial charge is 0.464 e. The van der Waals surface area contributed by atoms with Crippen LogP contribution in [0, 0.1) is 5.41 Å². The van der Waals surface area contributed by atoms with E-state index in [1.54, 1.807) is 24.4 Å². The molecule has 4 rings (SSSR count). The lowest BCUT2D eigenvalue weighted by Gasteiger charge is -2.15. The van der Waals surface area contributed by atoms with Crippen LogP contribution in [0.3, 0.4) is 0 Å². The zero-order valence-electron chi connectivity index (χ0n) is 17.1. The van der Waals surface area contributed by atoms with Gasteiger partial charge in [-0.1, -0.05) is 6.07 Å². The zero-order chi connectivity index (χ0) is 22.0. The van der Waals surface area contributed by atoms with Gasteiger partial charge in [-0.3, -0.25) is 24.2 Å². The van der Waals surface area contributed by atoms with Crippen LogP contribution in [-0.2, 0) is 20.8 Å². The van der Waals surface area contributed by atoms with E-state index in [4.69, 9.17) is 14.9 Å². The monoisotopic (exact) mass is 425 g/mol. The molecular weight excluding hydrogens is 402 g/mol. The average Bonchev–Trinajstić information content (AvgIpc) is 3.27. The smallest absolute Gasteiger partial charge is 0.302 e. The van der Waals surface area contributed by atoms with E-state index in [1.165, 1.54) is 22.0 Å². The molecule has 1 fully saturated rings. The Morgan fingerprint density at radius 1 is 1.39 bits per heavy atom. The van der Waals surface area contributed by atoms with E-state index in [0.29, 0.717) is 18.8 Å². The Balaban J connectivity index is 1.80. The normalized spacial score (nSPS) is 16.0. The van der Waals surface area contributed by atoms with Crippen molar-refractivity contribution in [1.29, 1.82) is 5.41 Å². The molecule has 31 heavy (non-hydrogen) atoms. The van der Waals surface area contributed by atoms with Crippen molar-refractivity contribution in [2.75, 3.05) is 19.8 Å². The Bertz CT molecular complexity index is 1270.